The minimum absolute atomic E-state index is 0.0800. The second kappa shape index (κ2) is 9.18. The number of rotatable bonds is 6. The molecule has 0 radical (unpaired) electrons. The van der Waals surface area contributed by atoms with Crippen molar-refractivity contribution in [2.75, 3.05) is 12.8 Å². The first-order valence-corrected chi connectivity index (χ1v) is 10.8. The van der Waals surface area contributed by atoms with Gasteiger partial charge in [-0.1, -0.05) is 35.6 Å². The van der Waals surface area contributed by atoms with Crippen molar-refractivity contribution < 1.29 is 27.4 Å². The maximum atomic E-state index is 13.1. The number of hydrogen-bond acceptors (Lipinski definition) is 7. The van der Waals surface area contributed by atoms with Gasteiger partial charge in [-0.15, -0.1) is 13.2 Å². The van der Waals surface area contributed by atoms with Gasteiger partial charge in [0.05, 0.1) is 23.4 Å². The molecule has 1 atom stereocenters. The Morgan fingerprint density at radius 3 is 2.65 bits per heavy atom. The van der Waals surface area contributed by atoms with Gasteiger partial charge in [0.15, 0.2) is 5.13 Å². The highest BCUT2D eigenvalue weighted by atomic mass is 32.1. The third-order valence-electron chi connectivity index (χ3n) is 4.99. The lowest BCUT2D eigenvalue weighted by molar-refractivity contribution is -0.275. The van der Waals surface area contributed by atoms with Crippen molar-refractivity contribution in [1.82, 2.24) is 15.3 Å². The number of thiazole rings is 1. The third-order valence-corrected chi connectivity index (χ3v) is 5.83. The van der Waals surface area contributed by atoms with Crippen LogP contribution in [0, 0.1) is 0 Å². The van der Waals surface area contributed by atoms with Gasteiger partial charge in [0.2, 0.25) is 5.88 Å². The number of carbonyl (C=O) groups is 1. The lowest BCUT2D eigenvalue weighted by Gasteiger charge is -2.19. The summed E-state index contributed by atoms with van der Waals surface area (Å²) in [6.45, 7) is 1.56. The minimum Gasteiger partial charge on any atom is -0.480 e. The molecule has 2 heterocycles. The van der Waals surface area contributed by atoms with Crippen LogP contribution in [0.5, 0.6) is 11.6 Å². The summed E-state index contributed by atoms with van der Waals surface area (Å²) in [7, 11) is 1.38. The van der Waals surface area contributed by atoms with Gasteiger partial charge in [-0.25, -0.2) is 9.97 Å². The van der Waals surface area contributed by atoms with Gasteiger partial charge in [-0.3, -0.25) is 4.79 Å². The molecule has 0 spiro atoms. The largest absolute Gasteiger partial charge is 0.573 e. The van der Waals surface area contributed by atoms with E-state index in [4.69, 9.17) is 10.5 Å². The maximum absolute atomic E-state index is 13.1. The summed E-state index contributed by atoms with van der Waals surface area (Å²) in [4.78, 5) is 21.5. The van der Waals surface area contributed by atoms with Crippen molar-refractivity contribution in [3.63, 3.8) is 0 Å². The maximum Gasteiger partial charge on any atom is 0.573 e. The van der Waals surface area contributed by atoms with E-state index in [9.17, 15) is 18.0 Å². The zero-order valence-electron chi connectivity index (χ0n) is 18.0. The van der Waals surface area contributed by atoms with E-state index in [1.807, 2.05) is 18.2 Å². The van der Waals surface area contributed by atoms with E-state index in [1.165, 1.54) is 36.6 Å². The highest BCUT2D eigenvalue weighted by Crippen LogP contribution is 2.32. The molecule has 4 aromatic rings. The topological polar surface area (TPSA) is 99.4 Å². The Hall–Kier alpha value is -3.86. The quantitative estimate of drug-likeness (QED) is 0.380. The molecular formula is C23H19F3N4O3S. The van der Waals surface area contributed by atoms with Crippen LogP contribution < -0.4 is 20.5 Å². The Morgan fingerprint density at radius 2 is 1.91 bits per heavy atom. The van der Waals surface area contributed by atoms with Gasteiger partial charge in [0, 0.05) is 17.3 Å². The molecule has 2 aromatic carbocycles. The normalized spacial score (nSPS) is 12.4. The number of carbonyl (C=O) groups excluding carboxylic acids is 1. The van der Waals surface area contributed by atoms with Crippen molar-refractivity contribution >= 4 is 32.6 Å². The van der Waals surface area contributed by atoms with E-state index >= 15 is 0 Å². The number of alkyl halides is 3. The van der Waals surface area contributed by atoms with Crippen molar-refractivity contribution in [2.24, 2.45) is 0 Å². The van der Waals surface area contributed by atoms with Crippen molar-refractivity contribution in [2.45, 2.75) is 19.3 Å². The molecule has 0 unspecified atom stereocenters. The lowest BCUT2D eigenvalue weighted by Crippen LogP contribution is -2.28. The first-order chi connectivity index (χ1) is 16.1. The van der Waals surface area contributed by atoms with Crippen LogP contribution in [-0.2, 0) is 0 Å². The number of hydrogen-bond donors (Lipinski definition) is 2. The van der Waals surface area contributed by atoms with E-state index in [1.54, 1.807) is 25.3 Å². The fourth-order valence-corrected chi connectivity index (χ4v) is 4.24. The predicted molar refractivity (Wildman–Crippen MR) is 123 cm³/mol. The number of methoxy groups -OCH3 is 1. The molecule has 1 amide bonds. The number of nitrogens with two attached hydrogens (primary N) is 1. The smallest absolute Gasteiger partial charge is 0.480 e. The molecule has 0 aliphatic carbocycles. The van der Waals surface area contributed by atoms with Crippen LogP contribution in [0.25, 0.3) is 21.3 Å². The number of pyridine rings is 1. The minimum atomic E-state index is -4.86. The first kappa shape index (κ1) is 23.3. The Labute approximate surface area is 196 Å². The number of nitrogens with one attached hydrogen (secondary N) is 1. The van der Waals surface area contributed by atoms with Crippen LogP contribution in [0.1, 0.15) is 28.9 Å². The number of ether oxygens (including phenoxy) is 2. The van der Waals surface area contributed by atoms with Crippen LogP contribution in [0.2, 0.25) is 0 Å². The van der Waals surface area contributed by atoms with E-state index < -0.39 is 24.1 Å². The van der Waals surface area contributed by atoms with Gasteiger partial charge in [0.1, 0.15) is 11.3 Å². The standard InChI is InChI=1S/C23H19F3N4O3S/c1-12(15-5-3-4-6-18(15)33-23(24,25)26)29-20(31)16-9-14(11-28-21(16)32-2)13-7-8-17-19(10-13)34-22(27)30-17/h3-12H,1-2H3,(H2,27,30)(H,29,31)/t12-/m1/s1. The molecule has 7 nitrogen and oxygen atoms in total. The number of nitrogens with zero attached hydrogens (tertiary/aromatic N) is 2. The van der Waals surface area contributed by atoms with Gasteiger partial charge < -0.3 is 20.5 Å². The summed E-state index contributed by atoms with van der Waals surface area (Å²) in [5, 5.41) is 3.14. The van der Waals surface area contributed by atoms with Crippen molar-refractivity contribution in [1.29, 1.82) is 0 Å². The molecule has 0 bridgehead atoms. The summed E-state index contributed by atoms with van der Waals surface area (Å²) >= 11 is 1.34. The first-order valence-electron chi connectivity index (χ1n) is 10.0. The molecule has 0 fully saturated rings. The van der Waals surface area contributed by atoms with Crippen LogP contribution in [0.3, 0.4) is 0 Å². The molecule has 3 N–H and O–H groups in total. The summed E-state index contributed by atoms with van der Waals surface area (Å²) in [6, 6.07) is 12.0. The monoisotopic (exact) mass is 488 g/mol. The molecule has 0 aliphatic heterocycles. The second-order valence-corrected chi connectivity index (χ2v) is 8.36. The Balaban J connectivity index is 1.63. The summed E-state index contributed by atoms with van der Waals surface area (Å²) < 4.78 is 48.5. The number of para-hydroxylation sites is 1. The molecule has 0 saturated carbocycles. The Bertz CT molecular complexity index is 1360. The molecule has 0 saturated heterocycles. The average Bonchev–Trinajstić information content (AvgIpc) is 3.17. The van der Waals surface area contributed by atoms with Gasteiger partial charge in [0.25, 0.3) is 5.91 Å². The number of anilines is 1. The molecule has 4 rings (SSSR count). The fourth-order valence-electron chi connectivity index (χ4n) is 3.47. The molecular weight excluding hydrogens is 469 g/mol. The molecule has 34 heavy (non-hydrogen) atoms. The number of amides is 1. The van der Waals surface area contributed by atoms with Crippen LogP contribution >= 0.6 is 11.3 Å². The average molecular weight is 488 g/mol. The highest BCUT2D eigenvalue weighted by Gasteiger charge is 2.32. The van der Waals surface area contributed by atoms with E-state index in [0.29, 0.717) is 10.7 Å². The fraction of sp³-hybridized carbons (Fsp3) is 0.174. The van der Waals surface area contributed by atoms with E-state index in [-0.39, 0.29) is 17.0 Å². The number of fused-ring (bicyclic) bond motifs is 1. The summed E-state index contributed by atoms with van der Waals surface area (Å²) in [5.74, 6) is -0.876. The molecule has 176 valence electrons. The van der Waals surface area contributed by atoms with E-state index in [2.05, 4.69) is 20.0 Å². The molecule has 0 aliphatic rings. The lowest BCUT2D eigenvalue weighted by atomic mass is 10.0. The van der Waals surface area contributed by atoms with Crippen molar-refractivity contribution in [3.8, 4) is 22.8 Å². The Morgan fingerprint density at radius 1 is 1.15 bits per heavy atom. The second-order valence-electron chi connectivity index (χ2n) is 7.30. The number of aromatic nitrogens is 2. The van der Waals surface area contributed by atoms with Gasteiger partial charge in [-0.2, -0.15) is 0 Å². The van der Waals surface area contributed by atoms with Crippen LogP contribution in [0.15, 0.2) is 54.7 Å². The van der Waals surface area contributed by atoms with Gasteiger partial charge in [-0.05, 0) is 36.8 Å². The Kier molecular flexibility index (Phi) is 6.29. The highest BCUT2D eigenvalue weighted by molar-refractivity contribution is 7.22. The van der Waals surface area contributed by atoms with Crippen molar-refractivity contribution in [3.05, 3.63) is 65.9 Å². The number of benzene rings is 2. The number of nitrogen functional groups attached to an aromatic ring is 1. The van der Waals surface area contributed by atoms with Gasteiger partial charge >= 0.3 is 6.36 Å². The zero-order chi connectivity index (χ0) is 24.5. The molecule has 2 aromatic heterocycles. The predicted octanol–water partition coefficient (Wildman–Crippen LogP) is 5.34. The third kappa shape index (κ3) is 5.04. The SMILES string of the molecule is COc1ncc(-c2ccc3nc(N)sc3c2)cc1C(=O)N[C@H](C)c1ccccc1OC(F)(F)F. The summed E-state index contributed by atoms with van der Waals surface area (Å²) in [6.07, 6.45) is -3.29. The number of halogens is 3. The zero-order valence-corrected chi connectivity index (χ0v) is 18.8. The summed E-state index contributed by atoms with van der Waals surface area (Å²) in [5.41, 5.74) is 8.27. The van der Waals surface area contributed by atoms with Crippen LogP contribution in [-0.4, -0.2) is 29.3 Å². The van der Waals surface area contributed by atoms with E-state index in [0.717, 1.165) is 15.8 Å². The van der Waals surface area contributed by atoms with Crippen LogP contribution in [0.4, 0.5) is 18.3 Å². The molecule has 11 heteroatoms.